The van der Waals surface area contributed by atoms with Gasteiger partial charge in [-0.2, -0.15) is 0 Å². The minimum atomic E-state index is -0.643. The largest absolute Gasteiger partial charge is 0.484 e. The Morgan fingerprint density at radius 1 is 1.17 bits per heavy atom. The molecule has 7 heteroatoms. The van der Waals surface area contributed by atoms with Crippen LogP contribution < -0.4 is 10.1 Å². The summed E-state index contributed by atoms with van der Waals surface area (Å²) in [5.74, 6) is 0.150. The second kappa shape index (κ2) is 11.4. The SMILES string of the molecule is CC[C@@H](C)NC(=O)[C@H](C)N(Cc1cccc(Cl)c1)C(=O)COc1ccc(I)cc1. The number of carbonyl (C=O) groups is 2. The van der Waals surface area contributed by atoms with E-state index in [2.05, 4.69) is 27.9 Å². The molecule has 0 radical (unpaired) electrons. The standard InChI is InChI=1S/C22H26ClIN2O3/c1-4-15(2)25-22(28)16(3)26(13-17-6-5-7-18(23)12-17)21(27)14-29-20-10-8-19(24)9-11-20/h5-12,15-16H,4,13-14H2,1-3H3,(H,25,28)/t15-,16+/m1/s1. The van der Waals surface area contributed by atoms with Gasteiger partial charge < -0.3 is 15.0 Å². The molecule has 0 bridgehead atoms. The summed E-state index contributed by atoms with van der Waals surface area (Å²) in [5.41, 5.74) is 0.850. The fraction of sp³-hybridized carbons (Fsp3) is 0.364. The van der Waals surface area contributed by atoms with Crippen molar-refractivity contribution in [1.29, 1.82) is 0 Å². The maximum Gasteiger partial charge on any atom is 0.261 e. The molecule has 0 aliphatic rings. The number of amides is 2. The molecule has 0 spiro atoms. The first kappa shape index (κ1) is 23.5. The van der Waals surface area contributed by atoms with Crippen molar-refractivity contribution in [2.45, 2.75) is 45.8 Å². The number of hydrogen-bond acceptors (Lipinski definition) is 3. The second-order valence-corrected chi connectivity index (χ2v) is 8.57. The molecule has 2 amide bonds. The van der Waals surface area contributed by atoms with Gasteiger partial charge in [-0.25, -0.2) is 0 Å². The summed E-state index contributed by atoms with van der Waals surface area (Å²) in [6.07, 6.45) is 0.816. The fourth-order valence-corrected chi connectivity index (χ4v) is 3.21. The van der Waals surface area contributed by atoms with Crippen LogP contribution in [0.5, 0.6) is 5.75 Å². The minimum absolute atomic E-state index is 0.0381. The summed E-state index contributed by atoms with van der Waals surface area (Å²) < 4.78 is 6.73. The molecule has 0 aliphatic carbocycles. The highest BCUT2D eigenvalue weighted by Crippen LogP contribution is 2.17. The van der Waals surface area contributed by atoms with E-state index in [0.717, 1.165) is 15.6 Å². The van der Waals surface area contributed by atoms with E-state index < -0.39 is 6.04 Å². The first-order valence-corrected chi connectivity index (χ1v) is 11.0. The molecule has 2 aromatic rings. The predicted octanol–water partition coefficient (Wildman–Crippen LogP) is 4.66. The van der Waals surface area contributed by atoms with Crippen LogP contribution in [-0.2, 0) is 16.1 Å². The van der Waals surface area contributed by atoms with E-state index in [1.54, 1.807) is 19.1 Å². The van der Waals surface area contributed by atoms with Crippen LogP contribution in [0.25, 0.3) is 0 Å². The summed E-state index contributed by atoms with van der Waals surface area (Å²) in [6, 6.07) is 14.1. The molecule has 156 valence electrons. The number of halogens is 2. The molecule has 0 fully saturated rings. The van der Waals surface area contributed by atoms with Gasteiger partial charge in [-0.15, -0.1) is 0 Å². The normalized spacial score (nSPS) is 12.7. The Bertz CT molecular complexity index is 829. The summed E-state index contributed by atoms with van der Waals surface area (Å²) in [5, 5.41) is 3.53. The third-order valence-corrected chi connectivity index (χ3v) is 5.54. The van der Waals surface area contributed by atoms with Crippen molar-refractivity contribution in [2.75, 3.05) is 6.61 Å². The topological polar surface area (TPSA) is 58.6 Å². The Balaban J connectivity index is 2.14. The second-order valence-electron chi connectivity index (χ2n) is 6.89. The number of nitrogens with zero attached hydrogens (tertiary/aromatic N) is 1. The molecular formula is C22H26ClIN2O3. The van der Waals surface area contributed by atoms with Crippen LogP contribution in [0, 0.1) is 3.57 Å². The van der Waals surface area contributed by atoms with Gasteiger partial charge in [0.05, 0.1) is 0 Å². The van der Waals surface area contributed by atoms with E-state index in [1.807, 2.05) is 50.2 Å². The quantitative estimate of drug-likeness (QED) is 0.482. The third kappa shape index (κ3) is 7.51. The molecule has 5 nitrogen and oxygen atoms in total. The molecular weight excluding hydrogens is 503 g/mol. The lowest BCUT2D eigenvalue weighted by atomic mass is 10.1. The summed E-state index contributed by atoms with van der Waals surface area (Å²) in [7, 11) is 0. The minimum Gasteiger partial charge on any atom is -0.484 e. The van der Waals surface area contributed by atoms with E-state index >= 15 is 0 Å². The van der Waals surface area contributed by atoms with Gasteiger partial charge in [0, 0.05) is 21.2 Å². The van der Waals surface area contributed by atoms with Gasteiger partial charge in [0.15, 0.2) is 6.61 Å². The molecule has 0 aliphatic heterocycles. The van der Waals surface area contributed by atoms with Gasteiger partial charge in [0.2, 0.25) is 5.91 Å². The Kier molecular flexibility index (Phi) is 9.23. The van der Waals surface area contributed by atoms with Gasteiger partial charge >= 0.3 is 0 Å². The zero-order chi connectivity index (χ0) is 21.4. The van der Waals surface area contributed by atoms with Gasteiger partial charge in [0.25, 0.3) is 5.91 Å². The predicted molar refractivity (Wildman–Crippen MR) is 124 cm³/mol. The summed E-state index contributed by atoms with van der Waals surface area (Å²) in [4.78, 5) is 27.1. The average molecular weight is 529 g/mol. The molecule has 2 atom stereocenters. The number of rotatable bonds is 9. The van der Waals surface area contributed by atoms with Crippen molar-refractivity contribution in [2.24, 2.45) is 0 Å². The van der Waals surface area contributed by atoms with Crippen molar-refractivity contribution in [1.82, 2.24) is 10.2 Å². The monoisotopic (exact) mass is 528 g/mol. The number of ether oxygens (including phenoxy) is 1. The lowest BCUT2D eigenvalue weighted by Crippen LogP contribution is -2.50. The Hall–Kier alpha value is -1.80. The van der Waals surface area contributed by atoms with Gasteiger partial charge in [-0.3, -0.25) is 9.59 Å². The summed E-state index contributed by atoms with van der Waals surface area (Å²) in [6.45, 7) is 5.78. The zero-order valence-corrected chi connectivity index (χ0v) is 19.7. The summed E-state index contributed by atoms with van der Waals surface area (Å²) >= 11 is 8.29. The van der Waals surface area contributed by atoms with Gasteiger partial charge in [-0.05, 0) is 84.8 Å². The van der Waals surface area contributed by atoms with Crippen LogP contribution in [0.2, 0.25) is 5.02 Å². The molecule has 2 aromatic carbocycles. The number of nitrogens with one attached hydrogen (secondary N) is 1. The van der Waals surface area contributed by atoms with Crippen LogP contribution in [0.3, 0.4) is 0 Å². The van der Waals surface area contributed by atoms with E-state index in [9.17, 15) is 9.59 Å². The molecule has 29 heavy (non-hydrogen) atoms. The molecule has 0 heterocycles. The van der Waals surface area contributed by atoms with E-state index in [0.29, 0.717) is 10.8 Å². The van der Waals surface area contributed by atoms with Crippen molar-refractivity contribution in [3.8, 4) is 5.75 Å². The average Bonchev–Trinajstić information content (AvgIpc) is 2.70. The van der Waals surface area contributed by atoms with E-state index in [-0.39, 0.29) is 31.0 Å². The van der Waals surface area contributed by atoms with Crippen molar-refractivity contribution < 1.29 is 14.3 Å². The Morgan fingerprint density at radius 3 is 2.48 bits per heavy atom. The van der Waals surface area contributed by atoms with Crippen LogP contribution in [-0.4, -0.2) is 35.4 Å². The Morgan fingerprint density at radius 2 is 1.86 bits per heavy atom. The smallest absolute Gasteiger partial charge is 0.261 e. The first-order valence-electron chi connectivity index (χ1n) is 9.52. The lowest BCUT2D eigenvalue weighted by Gasteiger charge is -2.29. The van der Waals surface area contributed by atoms with E-state index in [1.165, 1.54) is 4.90 Å². The van der Waals surface area contributed by atoms with Crippen molar-refractivity contribution >= 4 is 46.0 Å². The lowest BCUT2D eigenvalue weighted by molar-refractivity contribution is -0.142. The fourth-order valence-electron chi connectivity index (χ4n) is 2.64. The van der Waals surface area contributed by atoms with Crippen LogP contribution >= 0.6 is 34.2 Å². The van der Waals surface area contributed by atoms with Crippen LogP contribution in [0.1, 0.15) is 32.8 Å². The zero-order valence-electron chi connectivity index (χ0n) is 16.8. The molecule has 0 saturated heterocycles. The van der Waals surface area contributed by atoms with Crippen molar-refractivity contribution in [3.05, 3.63) is 62.7 Å². The molecule has 2 rings (SSSR count). The first-order chi connectivity index (χ1) is 13.8. The maximum atomic E-state index is 13.0. The van der Waals surface area contributed by atoms with E-state index in [4.69, 9.17) is 16.3 Å². The number of carbonyl (C=O) groups excluding carboxylic acids is 2. The molecule has 1 N–H and O–H groups in total. The number of benzene rings is 2. The molecule has 0 unspecified atom stereocenters. The van der Waals surface area contributed by atoms with Crippen LogP contribution in [0.15, 0.2) is 48.5 Å². The van der Waals surface area contributed by atoms with Gasteiger partial charge in [0.1, 0.15) is 11.8 Å². The van der Waals surface area contributed by atoms with Crippen LogP contribution in [0.4, 0.5) is 0 Å². The highest BCUT2D eigenvalue weighted by molar-refractivity contribution is 14.1. The number of hydrogen-bond donors (Lipinski definition) is 1. The maximum absolute atomic E-state index is 13.0. The Labute approximate surface area is 190 Å². The van der Waals surface area contributed by atoms with Gasteiger partial charge in [-0.1, -0.05) is 30.7 Å². The molecule has 0 saturated carbocycles. The van der Waals surface area contributed by atoms with Crippen molar-refractivity contribution in [3.63, 3.8) is 0 Å². The highest BCUT2D eigenvalue weighted by atomic mass is 127. The molecule has 0 aromatic heterocycles. The highest BCUT2D eigenvalue weighted by Gasteiger charge is 2.27. The third-order valence-electron chi connectivity index (χ3n) is 4.59.